The summed E-state index contributed by atoms with van der Waals surface area (Å²) in [6.45, 7) is 0.733. The Balaban J connectivity index is 2.15. The Morgan fingerprint density at radius 1 is 1.06 bits per heavy atom. The van der Waals surface area contributed by atoms with E-state index in [4.69, 9.17) is 0 Å². The molecule has 3 heteroatoms. The van der Waals surface area contributed by atoms with Crippen LogP contribution in [0.2, 0.25) is 0 Å². The Kier molecular flexibility index (Phi) is 2.37. The van der Waals surface area contributed by atoms with E-state index in [0.29, 0.717) is 0 Å². The number of hydrogen-bond acceptors (Lipinski definition) is 2. The molecule has 0 aliphatic carbocycles. The number of aliphatic imine (C=N–C) groups is 1. The molecule has 0 fully saturated rings. The third-order valence-electron chi connectivity index (χ3n) is 2.93. The molecule has 3 nitrogen and oxygen atoms in total. The van der Waals surface area contributed by atoms with Crippen molar-refractivity contribution in [2.45, 2.75) is 6.42 Å². The first-order chi connectivity index (χ1) is 8.34. The number of aromatic amines is 1. The van der Waals surface area contributed by atoms with Crippen LogP contribution in [0.5, 0.6) is 0 Å². The smallest absolute Gasteiger partial charge is 0.248 e. The summed E-state index contributed by atoms with van der Waals surface area (Å²) in [5.74, 6) is 0. The van der Waals surface area contributed by atoms with Crippen LogP contribution < -0.4 is 5.56 Å². The van der Waals surface area contributed by atoms with E-state index < -0.39 is 0 Å². The fraction of sp³-hybridized carbons (Fsp3) is 0.143. The van der Waals surface area contributed by atoms with Gasteiger partial charge in [0, 0.05) is 35.9 Å². The first kappa shape index (κ1) is 10.0. The van der Waals surface area contributed by atoms with Crippen LogP contribution in [0.3, 0.4) is 0 Å². The molecule has 0 saturated heterocycles. The van der Waals surface area contributed by atoms with Crippen molar-refractivity contribution in [3.63, 3.8) is 0 Å². The SMILES string of the molecule is O=c1ccc2c([nH]1)CCN=C2c1ccccc1. The van der Waals surface area contributed by atoms with E-state index >= 15 is 0 Å². The zero-order valence-corrected chi connectivity index (χ0v) is 9.31. The summed E-state index contributed by atoms with van der Waals surface area (Å²) in [7, 11) is 0. The molecular formula is C14H12N2O. The molecule has 84 valence electrons. The summed E-state index contributed by atoms with van der Waals surface area (Å²) < 4.78 is 0. The first-order valence-electron chi connectivity index (χ1n) is 5.67. The summed E-state index contributed by atoms with van der Waals surface area (Å²) >= 11 is 0. The van der Waals surface area contributed by atoms with Crippen molar-refractivity contribution in [1.82, 2.24) is 4.98 Å². The number of benzene rings is 1. The van der Waals surface area contributed by atoms with E-state index in [1.54, 1.807) is 6.07 Å². The van der Waals surface area contributed by atoms with Crippen LogP contribution in [0.1, 0.15) is 16.8 Å². The van der Waals surface area contributed by atoms with E-state index in [0.717, 1.165) is 35.5 Å². The van der Waals surface area contributed by atoms with Crippen LogP contribution in [-0.4, -0.2) is 17.2 Å². The van der Waals surface area contributed by atoms with Crippen LogP contribution in [0.15, 0.2) is 52.3 Å². The van der Waals surface area contributed by atoms with Crippen LogP contribution in [0.25, 0.3) is 0 Å². The van der Waals surface area contributed by atoms with Crippen molar-refractivity contribution in [3.05, 3.63) is 69.6 Å². The molecular weight excluding hydrogens is 212 g/mol. The second-order valence-electron chi connectivity index (χ2n) is 4.06. The van der Waals surface area contributed by atoms with E-state index in [1.165, 1.54) is 0 Å². The highest BCUT2D eigenvalue weighted by molar-refractivity contribution is 6.13. The summed E-state index contributed by atoms with van der Waals surface area (Å²) in [5, 5.41) is 0. The summed E-state index contributed by atoms with van der Waals surface area (Å²) in [5.41, 5.74) is 4.06. The summed E-state index contributed by atoms with van der Waals surface area (Å²) in [6.07, 6.45) is 0.807. The minimum atomic E-state index is -0.0435. The van der Waals surface area contributed by atoms with Crippen LogP contribution >= 0.6 is 0 Å². The van der Waals surface area contributed by atoms with Crippen molar-refractivity contribution >= 4 is 5.71 Å². The fourth-order valence-electron chi connectivity index (χ4n) is 2.14. The topological polar surface area (TPSA) is 45.2 Å². The number of aromatic nitrogens is 1. The quantitative estimate of drug-likeness (QED) is 0.788. The lowest BCUT2D eigenvalue weighted by molar-refractivity contribution is 0.889. The minimum Gasteiger partial charge on any atom is -0.325 e. The zero-order chi connectivity index (χ0) is 11.7. The molecule has 0 radical (unpaired) electrons. The summed E-state index contributed by atoms with van der Waals surface area (Å²) in [4.78, 5) is 18.7. The molecule has 1 aliphatic heterocycles. The van der Waals surface area contributed by atoms with Crippen LogP contribution in [0.4, 0.5) is 0 Å². The van der Waals surface area contributed by atoms with Gasteiger partial charge in [-0.05, 0) is 6.07 Å². The number of hydrogen-bond donors (Lipinski definition) is 1. The highest BCUT2D eigenvalue weighted by Crippen LogP contribution is 2.17. The zero-order valence-electron chi connectivity index (χ0n) is 9.31. The van der Waals surface area contributed by atoms with Gasteiger partial charge >= 0.3 is 0 Å². The van der Waals surface area contributed by atoms with Crippen molar-refractivity contribution in [3.8, 4) is 0 Å². The van der Waals surface area contributed by atoms with E-state index in [2.05, 4.69) is 9.98 Å². The highest BCUT2D eigenvalue weighted by Gasteiger charge is 2.15. The molecule has 2 heterocycles. The highest BCUT2D eigenvalue weighted by atomic mass is 16.1. The fourth-order valence-corrected chi connectivity index (χ4v) is 2.14. The first-order valence-corrected chi connectivity index (χ1v) is 5.67. The molecule has 0 unspecified atom stereocenters. The molecule has 17 heavy (non-hydrogen) atoms. The molecule has 3 rings (SSSR count). The maximum Gasteiger partial charge on any atom is 0.248 e. The Morgan fingerprint density at radius 2 is 1.88 bits per heavy atom. The van der Waals surface area contributed by atoms with Gasteiger partial charge in [0.15, 0.2) is 0 Å². The van der Waals surface area contributed by atoms with Crippen LogP contribution in [-0.2, 0) is 6.42 Å². The molecule has 1 aromatic carbocycles. The van der Waals surface area contributed by atoms with E-state index in [-0.39, 0.29) is 5.56 Å². The van der Waals surface area contributed by atoms with Crippen molar-refractivity contribution in [2.75, 3.05) is 6.54 Å². The predicted molar refractivity (Wildman–Crippen MR) is 67.7 cm³/mol. The largest absolute Gasteiger partial charge is 0.325 e. The third-order valence-corrected chi connectivity index (χ3v) is 2.93. The molecule has 1 N–H and O–H groups in total. The van der Waals surface area contributed by atoms with Crippen molar-refractivity contribution in [1.29, 1.82) is 0 Å². The molecule has 1 aromatic heterocycles. The molecule has 0 amide bonds. The van der Waals surface area contributed by atoms with E-state index in [9.17, 15) is 4.79 Å². The van der Waals surface area contributed by atoms with Gasteiger partial charge in [0.1, 0.15) is 0 Å². The molecule has 0 bridgehead atoms. The lowest BCUT2D eigenvalue weighted by Gasteiger charge is -2.16. The molecule has 0 spiro atoms. The Hall–Kier alpha value is -2.16. The van der Waals surface area contributed by atoms with Crippen molar-refractivity contribution in [2.24, 2.45) is 4.99 Å². The Bertz CT molecular complexity index is 626. The molecule has 2 aromatic rings. The van der Waals surface area contributed by atoms with Gasteiger partial charge in [-0.15, -0.1) is 0 Å². The number of H-pyrrole nitrogens is 1. The second kappa shape index (κ2) is 4.01. The average Bonchev–Trinajstić information content (AvgIpc) is 2.39. The van der Waals surface area contributed by atoms with Gasteiger partial charge in [-0.1, -0.05) is 30.3 Å². The Labute approximate surface area is 98.9 Å². The molecule has 0 atom stereocenters. The molecule has 1 aliphatic rings. The predicted octanol–water partition coefficient (Wildman–Crippen LogP) is 1.77. The van der Waals surface area contributed by atoms with Crippen molar-refractivity contribution < 1.29 is 0 Å². The van der Waals surface area contributed by atoms with Gasteiger partial charge in [-0.2, -0.15) is 0 Å². The lowest BCUT2D eigenvalue weighted by atomic mass is 9.97. The second-order valence-corrected chi connectivity index (χ2v) is 4.06. The lowest BCUT2D eigenvalue weighted by Crippen LogP contribution is -2.19. The van der Waals surface area contributed by atoms with Crippen LogP contribution in [0, 0.1) is 0 Å². The monoisotopic (exact) mass is 224 g/mol. The van der Waals surface area contributed by atoms with Gasteiger partial charge in [-0.3, -0.25) is 9.79 Å². The van der Waals surface area contributed by atoms with E-state index in [1.807, 2.05) is 36.4 Å². The average molecular weight is 224 g/mol. The summed E-state index contributed by atoms with van der Waals surface area (Å²) in [6, 6.07) is 13.5. The Morgan fingerprint density at radius 3 is 2.71 bits per heavy atom. The molecule has 0 saturated carbocycles. The number of nitrogens with one attached hydrogen (secondary N) is 1. The van der Waals surface area contributed by atoms with Gasteiger partial charge < -0.3 is 4.98 Å². The number of fused-ring (bicyclic) bond motifs is 1. The minimum absolute atomic E-state index is 0.0435. The van der Waals surface area contributed by atoms with Gasteiger partial charge in [0.2, 0.25) is 5.56 Å². The number of pyridine rings is 1. The maximum absolute atomic E-state index is 11.3. The number of rotatable bonds is 1. The van der Waals surface area contributed by atoms with Gasteiger partial charge in [0.05, 0.1) is 5.71 Å². The van der Waals surface area contributed by atoms with Gasteiger partial charge in [-0.25, -0.2) is 0 Å². The number of nitrogens with zero attached hydrogens (tertiary/aromatic N) is 1. The standard InChI is InChI=1S/C14H12N2O/c17-13-7-6-11-12(16-13)8-9-15-14(11)10-4-2-1-3-5-10/h1-7H,8-9H2,(H,16,17). The maximum atomic E-state index is 11.3. The third kappa shape index (κ3) is 1.80. The van der Waals surface area contributed by atoms with Gasteiger partial charge in [0.25, 0.3) is 0 Å². The normalized spacial score (nSPS) is 14.0.